The largest absolute Gasteiger partial charge is 0.481 e. The van der Waals surface area contributed by atoms with Gasteiger partial charge in [0.1, 0.15) is 42.3 Å². The first-order valence-corrected chi connectivity index (χ1v) is 21.3. The number of likely N-dealkylation sites (N-methyl/N-ethyl adjacent to an activating group) is 1. The van der Waals surface area contributed by atoms with Gasteiger partial charge in [-0.3, -0.25) is 48.1 Å². The van der Waals surface area contributed by atoms with Crippen molar-refractivity contribution >= 4 is 59.2 Å². The Kier molecular flexibility index (Phi) is 19.8. The monoisotopic (exact) mass is 883 g/mol. The molecular weight excluding hydrogens is 819 g/mol. The van der Waals surface area contributed by atoms with Crippen LogP contribution < -0.4 is 43.4 Å². The molecule has 1 aromatic rings. The molecule has 2 heterocycles. The highest BCUT2D eigenvalue weighted by Gasteiger charge is 2.42. The van der Waals surface area contributed by atoms with E-state index in [1.807, 2.05) is 13.8 Å². The molecule has 3 rings (SSSR count). The van der Waals surface area contributed by atoms with Gasteiger partial charge >= 0.3 is 5.97 Å². The maximum Gasteiger partial charge on any atom is 0.305 e. The summed E-state index contributed by atoms with van der Waals surface area (Å²) in [6.45, 7) is 8.17. The van der Waals surface area contributed by atoms with Gasteiger partial charge in [-0.05, 0) is 62.8 Å². The number of benzene rings is 1. The van der Waals surface area contributed by atoms with Crippen LogP contribution in [0.2, 0.25) is 0 Å². The molecule has 0 spiro atoms. The molecule has 348 valence electrons. The number of aliphatic imine (C=N–C) groups is 1. The molecule has 21 nitrogen and oxygen atoms in total. The molecule has 63 heavy (non-hydrogen) atoms. The molecule has 11 N–H and O–H groups in total. The van der Waals surface area contributed by atoms with E-state index >= 15 is 0 Å². The summed E-state index contributed by atoms with van der Waals surface area (Å²) >= 11 is 0. The number of carboxylic acid groups (broad SMARTS) is 1. The van der Waals surface area contributed by atoms with Crippen molar-refractivity contribution in [2.24, 2.45) is 28.3 Å². The third kappa shape index (κ3) is 16.2. The smallest absolute Gasteiger partial charge is 0.305 e. The Morgan fingerprint density at radius 3 is 2.00 bits per heavy atom. The summed E-state index contributed by atoms with van der Waals surface area (Å²) in [7, 11) is 1.44. The van der Waals surface area contributed by atoms with Gasteiger partial charge in [-0.1, -0.05) is 58.0 Å². The van der Waals surface area contributed by atoms with Gasteiger partial charge in [0.2, 0.25) is 47.3 Å². The number of carbonyl (C=O) groups excluding carboxylic acids is 8. The molecule has 2 aliphatic heterocycles. The topological polar surface area (TPSA) is 317 Å². The number of carboxylic acids is 1. The highest BCUT2D eigenvalue weighted by atomic mass is 16.4. The van der Waals surface area contributed by atoms with Gasteiger partial charge in [-0.25, -0.2) is 0 Å². The number of rotatable bonds is 12. The molecule has 21 heteroatoms. The molecule has 2 saturated heterocycles. The normalized spacial score (nSPS) is 25.2. The van der Waals surface area contributed by atoms with E-state index in [0.717, 1.165) is 0 Å². The van der Waals surface area contributed by atoms with Crippen LogP contribution in [0.15, 0.2) is 35.3 Å². The first-order chi connectivity index (χ1) is 29.7. The number of amides is 8. The second kappa shape index (κ2) is 24.4. The minimum atomic E-state index is -1.68. The number of fused-ring (bicyclic) bond motifs is 1. The molecular formula is C42H65N11O10. The lowest BCUT2D eigenvalue weighted by atomic mass is 10.0. The second-order valence-electron chi connectivity index (χ2n) is 16.9. The number of nitrogens with one attached hydrogen (secondary N) is 6. The maximum atomic E-state index is 14.4. The van der Waals surface area contributed by atoms with Crippen molar-refractivity contribution in [2.45, 2.75) is 128 Å². The fraction of sp³-hybridized carbons (Fsp3) is 0.619. The zero-order valence-corrected chi connectivity index (χ0v) is 37.0. The molecule has 1 aromatic carbocycles. The standard InChI is InChI=1S/C42H65N11O10/c1-23(2)18-28-37(59)49-27(14-10-16-45-42(43)44)36(58)46-22-33(54)48-29(21-34(55)56)38(60)51-30(19-24(3)4)40(62)53-17-11-15-31(53)41(63)52(6)32(20-26-12-8-7-9-13-26)39(61)47-25(5)35(57)50-28/h7-9,12-13,23-25,27-32H,10-11,14-22H2,1-6H3,(H,46,58)(H,47,61)(H,48,54)(H,49,59)(H,50,57)(H,51,60)(H,55,56)(H4,43,44,45)/t25-,27-,28-,29-,30-,31+,32-/m0/s1. The number of guanidine groups is 1. The quantitative estimate of drug-likeness (QED) is 0.0641. The van der Waals surface area contributed by atoms with Gasteiger partial charge in [0.05, 0.1) is 13.0 Å². The molecule has 0 radical (unpaired) electrons. The SMILES string of the molecule is CC(C)C[C@@H]1NC(=O)[C@H](C)NC(=O)[C@H](Cc2ccccc2)N(C)C(=O)[C@H]2CCCN2C(=O)[C@H](CC(C)C)NC(=O)[C@H](CC(=O)O)NC(=O)CNC(=O)[C@H](CCCN=C(N)N)NC1=O. The summed E-state index contributed by atoms with van der Waals surface area (Å²) in [5.41, 5.74) is 11.6. The number of hydrogen-bond donors (Lipinski definition) is 9. The molecule has 7 atom stereocenters. The average Bonchev–Trinajstić information content (AvgIpc) is 3.71. The minimum absolute atomic E-state index is 0.0208. The predicted octanol–water partition coefficient (Wildman–Crippen LogP) is -1.76. The Labute approximate surface area is 367 Å². The van der Waals surface area contributed by atoms with Crippen LogP contribution in [0.4, 0.5) is 0 Å². The second-order valence-corrected chi connectivity index (χ2v) is 16.9. The fourth-order valence-corrected chi connectivity index (χ4v) is 7.42. The van der Waals surface area contributed by atoms with Crippen molar-refractivity contribution < 1.29 is 48.3 Å². The Hall–Kier alpha value is -6.28. The van der Waals surface area contributed by atoms with Crippen molar-refractivity contribution in [3.05, 3.63) is 35.9 Å². The van der Waals surface area contributed by atoms with E-state index in [2.05, 4.69) is 36.9 Å². The van der Waals surface area contributed by atoms with Crippen molar-refractivity contribution in [2.75, 3.05) is 26.7 Å². The van der Waals surface area contributed by atoms with Crippen LogP contribution in [0.3, 0.4) is 0 Å². The summed E-state index contributed by atoms with van der Waals surface area (Å²) in [4.78, 5) is 129. The van der Waals surface area contributed by atoms with Crippen molar-refractivity contribution in [3.63, 3.8) is 0 Å². The fourth-order valence-electron chi connectivity index (χ4n) is 7.42. The van der Waals surface area contributed by atoms with E-state index in [9.17, 15) is 48.3 Å². The van der Waals surface area contributed by atoms with Crippen LogP contribution in [0, 0.1) is 11.8 Å². The zero-order chi connectivity index (χ0) is 47.0. The van der Waals surface area contributed by atoms with E-state index in [4.69, 9.17) is 11.5 Å². The minimum Gasteiger partial charge on any atom is -0.481 e. The maximum absolute atomic E-state index is 14.4. The molecule has 8 amide bonds. The third-order valence-electron chi connectivity index (χ3n) is 10.7. The highest BCUT2D eigenvalue weighted by Crippen LogP contribution is 2.24. The summed E-state index contributed by atoms with van der Waals surface area (Å²) in [5.74, 6) is -8.01. The van der Waals surface area contributed by atoms with E-state index < -0.39 is 108 Å². The summed E-state index contributed by atoms with van der Waals surface area (Å²) in [6.07, 6.45) is 0.229. The third-order valence-corrected chi connectivity index (χ3v) is 10.7. The molecule has 0 bridgehead atoms. The lowest BCUT2D eigenvalue weighted by Gasteiger charge is -2.35. The van der Waals surface area contributed by atoms with E-state index in [-0.39, 0.29) is 69.4 Å². The van der Waals surface area contributed by atoms with Gasteiger partial charge in [-0.15, -0.1) is 0 Å². The summed E-state index contributed by atoms with van der Waals surface area (Å²) < 4.78 is 0. The molecule has 0 saturated carbocycles. The van der Waals surface area contributed by atoms with Crippen LogP contribution >= 0.6 is 0 Å². The number of aliphatic carboxylic acids is 1. The van der Waals surface area contributed by atoms with Gasteiger partial charge < -0.3 is 58.3 Å². The Morgan fingerprint density at radius 1 is 0.778 bits per heavy atom. The molecule has 2 fully saturated rings. The molecule has 0 aromatic heterocycles. The van der Waals surface area contributed by atoms with Gasteiger partial charge in [0, 0.05) is 26.6 Å². The molecule has 0 unspecified atom stereocenters. The van der Waals surface area contributed by atoms with Crippen molar-refractivity contribution in [1.82, 2.24) is 41.7 Å². The van der Waals surface area contributed by atoms with Crippen LogP contribution in [0.25, 0.3) is 0 Å². The van der Waals surface area contributed by atoms with Crippen LogP contribution in [-0.4, -0.2) is 143 Å². The first-order valence-electron chi connectivity index (χ1n) is 21.3. The van der Waals surface area contributed by atoms with Gasteiger partial charge in [0.25, 0.3) is 0 Å². The number of carbonyl (C=O) groups is 9. The zero-order valence-electron chi connectivity index (χ0n) is 37.0. The lowest BCUT2D eigenvalue weighted by molar-refractivity contribution is -0.148. The van der Waals surface area contributed by atoms with Crippen molar-refractivity contribution in [3.8, 4) is 0 Å². The van der Waals surface area contributed by atoms with Gasteiger partial charge in [0.15, 0.2) is 5.96 Å². The Balaban J connectivity index is 2.09. The Bertz CT molecular complexity index is 1840. The lowest BCUT2D eigenvalue weighted by Crippen LogP contribution is -2.60. The van der Waals surface area contributed by atoms with Crippen LogP contribution in [0.5, 0.6) is 0 Å². The predicted molar refractivity (Wildman–Crippen MR) is 231 cm³/mol. The van der Waals surface area contributed by atoms with Crippen LogP contribution in [0.1, 0.15) is 85.1 Å². The first kappa shape index (κ1) is 51.1. The molecule has 0 aliphatic carbocycles. The molecule has 2 aliphatic rings. The Morgan fingerprint density at radius 2 is 1.38 bits per heavy atom. The number of nitrogens with two attached hydrogens (primary N) is 2. The number of nitrogens with zero attached hydrogens (tertiary/aromatic N) is 3. The van der Waals surface area contributed by atoms with Crippen LogP contribution in [-0.2, 0) is 49.6 Å². The number of hydrogen-bond acceptors (Lipinski definition) is 10. The summed E-state index contributed by atoms with van der Waals surface area (Å²) in [6, 6.07) is 0.100. The highest BCUT2D eigenvalue weighted by molar-refractivity contribution is 5.99. The summed E-state index contributed by atoms with van der Waals surface area (Å²) in [5, 5.41) is 25.0. The van der Waals surface area contributed by atoms with E-state index in [0.29, 0.717) is 12.0 Å². The average molecular weight is 884 g/mol. The van der Waals surface area contributed by atoms with Crippen molar-refractivity contribution in [1.29, 1.82) is 0 Å². The van der Waals surface area contributed by atoms with E-state index in [1.54, 1.807) is 44.2 Å². The van der Waals surface area contributed by atoms with E-state index in [1.165, 1.54) is 23.8 Å². The van der Waals surface area contributed by atoms with Gasteiger partial charge in [-0.2, -0.15) is 0 Å².